The van der Waals surface area contributed by atoms with Crippen LogP contribution in [-0.4, -0.2) is 16.0 Å². The van der Waals surface area contributed by atoms with Crippen molar-refractivity contribution in [1.29, 1.82) is 0 Å². The summed E-state index contributed by atoms with van der Waals surface area (Å²) in [6.07, 6.45) is 4.55. The maximum atomic E-state index is 13.5. The van der Waals surface area contributed by atoms with Crippen LogP contribution in [0.1, 0.15) is 11.3 Å². The number of aromatic nitrogens is 2. The van der Waals surface area contributed by atoms with Crippen LogP contribution in [0, 0.1) is 11.6 Å². The summed E-state index contributed by atoms with van der Waals surface area (Å²) in [6.45, 7) is 0.0467. The molecule has 2 aromatic heterocycles. The van der Waals surface area contributed by atoms with Gasteiger partial charge in [-0.05, 0) is 18.2 Å². The third kappa shape index (κ3) is 4.17. The number of hydrogen-bond acceptors (Lipinski definition) is 4. The summed E-state index contributed by atoms with van der Waals surface area (Å²) >= 11 is 0. The van der Waals surface area contributed by atoms with Crippen molar-refractivity contribution >= 4 is 6.03 Å². The first-order valence-corrected chi connectivity index (χ1v) is 7.43. The van der Waals surface area contributed by atoms with Crippen molar-refractivity contribution in [3.05, 3.63) is 71.9 Å². The summed E-state index contributed by atoms with van der Waals surface area (Å²) in [5, 5.41) is 5.11. The van der Waals surface area contributed by atoms with Crippen LogP contribution < -0.4 is 10.6 Å². The Morgan fingerprint density at radius 3 is 2.64 bits per heavy atom. The summed E-state index contributed by atoms with van der Waals surface area (Å²) < 4.78 is 31.7. The molecule has 3 rings (SSSR count). The van der Waals surface area contributed by atoms with Gasteiger partial charge in [-0.15, -0.1) is 0 Å². The molecule has 0 saturated carbocycles. The molecule has 0 bridgehead atoms. The normalized spacial score (nSPS) is 10.5. The van der Waals surface area contributed by atoms with Crippen molar-refractivity contribution in [3.63, 3.8) is 0 Å². The molecule has 0 spiro atoms. The Morgan fingerprint density at radius 2 is 1.88 bits per heavy atom. The van der Waals surface area contributed by atoms with Crippen molar-refractivity contribution in [2.75, 3.05) is 0 Å². The zero-order valence-electron chi connectivity index (χ0n) is 13.0. The summed E-state index contributed by atoms with van der Waals surface area (Å²) in [6, 6.07) is 6.13. The number of amides is 2. The molecule has 128 valence electrons. The topological polar surface area (TPSA) is 80.0 Å². The maximum Gasteiger partial charge on any atom is 0.315 e. The lowest BCUT2D eigenvalue weighted by Crippen LogP contribution is -2.35. The lowest BCUT2D eigenvalue weighted by Gasteiger charge is -2.09. The van der Waals surface area contributed by atoms with Crippen molar-refractivity contribution in [2.45, 2.75) is 13.1 Å². The fourth-order valence-electron chi connectivity index (χ4n) is 2.18. The van der Waals surface area contributed by atoms with Gasteiger partial charge in [0, 0.05) is 30.6 Å². The molecule has 0 atom stereocenters. The van der Waals surface area contributed by atoms with Crippen LogP contribution in [0.4, 0.5) is 13.6 Å². The average molecular weight is 344 g/mol. The highest BCUT2D eigenvalue weighted by Gasteiger charge is 2.12. The van der Waals surface area contributed by atoms with Gasteiger partial charge in [0.1, 0.15) is 17.3 Å². The second-order valence-corrected chi connectivity index (χ2v) is 5.10. The van der Waals surface area contributed by atoms with E-state index in [0.717, 1.165) is 12.1 Å². The van der Waals surface area contributed by atoms with E-state index in [2.05, 4.69) is 20.6 Å². The van der Waals surface area contributed by atoms with E-state index in [-0.39, 0.29) is 18.7 Å². The van der Waals surface area contributed by atoms with E-state index in [1.165, 1.54) is 24.7 Å². The molecule has 0 saturated heterocycles. The van der Waals surface area contributed by atoms with Gasteiger partial charge in [-0.25, -0.2) is 18.6 Å². The largest absolute Gasteiger partial charge is 0.463 e. The Balaban J connectivity index is 1.58. The fraction of sp³-hybridized carbons (Fsp3) is 0.118. The third-order valence-electron chi connectivity index (χ3n) is 3.40. The van der Waals surface area contributed by atoms with Crippen LogP contribution in [0.2, 0.25) is 0 Å². The molecule has 0 aliphatic rings. The van der Waals surface area contributed by atoms with Gasteiger partial charge in [0.2, 0.25) is 0 Å². The molecule has 0 unspecified atom stereocenters. The first-order chi connectivity index (χ1) is 12.1. The molecule has 1 aromatic carbocycles. The first kappa shape index (κ1) is 16.6. The summed E-state index contributed by atoms with van der Waals surface area (Å²) in [7, 11) is 0. The van der Waals surface area contributed by atoms with E-state index in [0.29, 0.717) is 17.1 Å². The van der Waals surface area contributed by atoms with Crippen LogP contribution >= 0.6 is 0 Å². The van der Waals surface area contributed by atoms with E-state index >= 15 is 0 Å². The molecule has 8 heteroatoms. The number of nitrogens with zero attached hydrogens (tertiary/aromatic N) is 2. The van der Waals surface area contributed by atoms with Gasteiger partial charge < -0.3 is 15.1 Å². The van der Waals surface area contributed by atoms with Gasteiger partial charge >= 0.3 is 6.03 Å². The van der Waals surface area contributed by atoms with E-state index < -0.39 is 17.7 Å². The highest BCUT2D eigenvalue weighted by Crippen LogP contribution is 2.19. The minimum Gasteiger partial charge on any atom is -0.463 e. The minimum atomic E-state index is -0.714. The molecular formula is C17H14F2N4O2. The van der Waals surface area contributed by atoms with Crippen LogP contribution in [0.5, 0.6) is 0 Å². The Labute approximate surface area is 141 Å². The Bertz CT molecular complexity index is 869. The molecule has 6 nitrogen and oxygen atoms in total. The molecule has 2 amide bonds. The Morgan fingerprint density at radius 1 is 1.08 bits per heavy atom. The van der Waals surface area contributed by atoms with E-state index in [4.69, 9.17) is 4.42 Å². The third-order valence-corrected chi connectivity index (χ3v) is 3.40. The van der Waals surface area contributed by atoms with Crippen molar-refractivity contribution < 1.29 is 18.0 Å². The number of rotatable bonds is 5. The lowest BCUT2D eigenvalue weighted by atomic mass is 10.2. The second-order valence-electron chi connectivity index (χ2n) is 5.10. The number of hydrogen-bond donors (Lipinski definition) is 2. The van der Waals surface area contributed by atoms with Gasteiger partial charge in [-0.2, -0.15) is 0 Å². The standard InChI is InChI=1S/C17H14F2N4O2/c18-12-4-3-11(13(19)8-12)9-22-17(24)23-10-14-16(21-6-5-20-14)15-2-1-7-25-15/h1-8H,9-10H2,(H2,22,23,24). The predicted molar refractivity (Wildman–Crippen MR) is 85.2 cm³/mol. The first-order valence-electron chi connectivity index (χ1n) is 7.43. The number of furan rings is 1. The fourth-order valence-corrected chi connectivity index (χ4v) is 2.18. The number of carbonyl (C=O) groups is 1. The molecule has 3 aromatic rings. The van der Waals surface area contributed by atoms with Crippen LogP contribution in [0.25, 0.3) is 11.5 Å². The summed E-state index contributed by atoms with van der Waals surface area (Å²) in [5.74, 6) is -0.841. The summed E-state index contributed by atoms with van der Waals surface area (Å²) in [5.41, 5.74) is 1.24. The van der Waals surface area contributed by atoms with E-state index in [1.807, 2.05) is 0 Å². The van der Waals surface area contributed by atoms with E-state index in [1.54, 1.807) is 12.1 Å². The van der Waals surface area contributed by atoms with E-state index in [9.17, 15) is 13.6 Å². The average Bonchev–Trinajstić information content (AvgIpc) is 3.14. The molecular weight excluding hydrogens is 330 g/mol. The Kier molecular flexibility index (Phi) is 4.98. The predicted octanol–water partition coefficient (Wildman–Crippen LogP) is 3.01. The number of carbonyl (C=O) groups excluding carboxylic acids is 1. The van der Waals surface area contributed by atoms with Gasteiger partial charge in [0.15, 0.2) is 5.76 Å². The molecule has 0 aliphatic carbocycles. The van der Waals surface area contributed by atoms with Crippen molar-refractivity contribution in [2.24, 2.45) is 0 Å². The smallest absolute Gasteiger partial charge is 0.315 e. The lowest BCUT2D eigenvalue weighted by molar-refractivity contribution is 0.240. The highest BCUT2D eigenvalue weighted by molar-refractivity contribution is 5.74. The van der Waals surface area contributed by atoms with Crippen molar-refractivity contribution in [1.82, 2.24) is 20.6 Å². The Hall–Kier alpha value is -3.29. The number of urea groups is 1. The zero-order valence-corrected chi connectivity index (χ0v) is 13.0. The van der Waals surface area contributed by atoms with Crippen LogP contribution in [0.15, 0.2) is 53.4 Å². The maximum absolute atomic E-state index is 13.5. The quantitative estimate of drug-likeness (QED) is 0.746. The van der Waals surface area contributed by atoms with Gasteiger partial charge in [0.05, 0.1) is 18.5 Å². The zero-order chi connectivity index (χ0) is 17.6. The van der Waals surface area contributed by atoms with Gasteiger partial charge in [-0.3, -0.25) is 4.98 Å². The monoisotopic (exact) mass is 344 g/mol. The van der Waals surface area contributed by atoms with Gasteiger partial charge in [-0.1, -0.05) is 6.07 Å². The number of benzene rings is 1. The van der Waals surface area contributed by atoms with Crippen molar-refractivity contribution in [3.8, 4) is 11.5 Å². The van der Waals surface area contributed by atoms with Crippen LogP contribution in [0.3, 0.4) is 0 Å². The molecule has 0 fully saturated rings. The molecule has 2 heterocycles. The van der Waals surface area contributed by atoms with Gasteiger partial charge in [0.25, 0.3) is 0 Å². The SMILES string of the molecule is O=C(NCc1ccc(F)cc1F)NCc1nccnc1-c1ccco1. The second kappa shape index (κ2) is 7.52. The number of nitrogens with one attached hydrogen (secondary N) is 2. The highest BCUT2D eigenvalue weighted by atomic mass is 19.1. The van der Waals surface area contributed by atoms with Crippen LogP contribution in [-0.2, 0) is 13.1 Å². The molecule has 0 aliphatic heterocycles. The molecule has 0 radical (unpaired) electrons. The number of halogens is 2. The molecule has 25 heavy (non-hydrogen) atoms. The summed E-state index contributed by atoms with van der Waals surface area (Å²) in [4.78, 5) is 20.3. The minimum absolute atomic E-state index is 0.0660. The molecule has 2 N–H and O–H groups in total.